The van der Waals surface area contributed by atoms with Crippen molar-refractivity contribution in [2.75, 3.05) is 14.2 Å². The summed E-state index contributed by atoms with van der Waals surface area (Å²) < 4.78 is 10.5. The van der Waals surface area contributed by atoms with E-state index in [9.17, 15) is 0 Å². The molecule has 0 radical (unpaired) electrons. The van der Waals surface area contributed by atoms with E-state index in [4.69, 9.17) is 9.47 Å². The minimum absolute atomic E-state index is 0.139. The van der Waals surface area contributed by atoms with Crippen LogP contribution in [0.4, 0.5) is 0 Å². The number of hydrogen-bond donors (Lipinski definition) is 0. The topological polar surface area (TPSA) is 18.5 Å². The van der Waals surface area contributed by atoms with Crippen LogP contribution in [0.25, 0.3) is 0 Å². The van der Waals surface area contributed by atoms with E-state index in [-0.39, 0.29) is 15.4 Å². The molecule has 16 heavy (non-hydrogen) atoms. The summed E-state index contributed by atoms with van der Waals surface area (Å²) in [5.74, 6) is 2.98. The number of hydrogen-bond acceptors (Lipinski definition) is 2. The van der Waals surface area contributed by atoms with Crippen molar-refractivity contribution in [1.82, 2.24) is 0 Å². The van der Waals surface area contributed by atoms with Gasteiger partial charge >= 0.3 is 0 Å². The lowest BCUT2D eigenvalue weighted by Gasteiger charge is -2.18. The molecule has 0 saturated heterocycles. The van der Waals surface area contributed by atoms with Gasteiger partial charge in [0.15, 0.2) is 0 Å². The molecular formula is C13H24O2Si. The molecule has 1 fully saturated rings. The average molecular weight is 240 g/mol. The zero-order valence-electron chi connectivity index (χ0n) is 10.5. The molecule has 0 amide bonds. The Hall–Kier alpha value is -0.123. The van der Waals surface area contributed by atoms with Gasteiger partial charge in [-0.3, -0.25) is 0 Å². The molecule has 2 aliphatic carbocycles. The summed E-state index contributed by atoms with van der Waals surface area (Å²) in [6, 6.07) is 1.37. The summed E-state index contributed by atoms with van der Waals surface area (Å²) in [7, 11) is 3.32. The van der Waals surface area contributed by atoms with Crippen molar-refractivity contribution in [3.8, 4) is 0 Å². The van der Waals surface area contributed by atoms with Crippen molar-refractivity contribution in [3.05, 3.63) is 12.2 Å². The summed E-state index contributed by atoms with van der Waals surface area (Å²) >= 11 is 0. The lowest BCUT2D eigenvalue weighted by Crippen LogP contribution is -2.21. The number of rotatable bonds is 7. The zero-order valence-corrected chi connectivity index (χ0v) is 11.9. The molecule has 2 bridgehead atoms. The molecule has 3 atom stereocenters. The van der Waals surface area contributed by atoms with Crippen LogP contribution in [0.2, 0.25) is 6.04 Å². The quantitative estimate of drug-likeness (QED) is 0.294. The molecule has 0 spiro atoms. The van der Waals surface area contributed by atoms with Crippen molar-refractivity contribution >= 4 is 9.52 Å². The first kappa shape index (κ1) is 12.3. The fraction of sp³-hybridized carbons (Fsp3) is 0.846. The Morgan fingerprint density at radius 3 is 2.62 bits per heavy atom. The first-order chi connectivity index (χ1) is 7.83. The maximum Gasteiger partial charge on any atom is 0.134 e. The molecule has 0 aromatic carbocycles. The van der Waals surface area contributed by atoms with Crippen LogP contribution in [0.3, 0.4) is 0 Å². The average Bonchev–Trinajstić information content (AvgIpc) is 2.91. The van der Waals surface area contributed by atoms with E-state index in [1.54, 1.807) is 14.2 Å². The summed E-state index contributed by atoms with van der Waals surface area (Å²) in [6.45, 7) is 0. The fourth-order valence-electron chi connectivity index (χ4n) is 3.28. The number of fused-ring (bicyclic) bond motifs is 2. The second-order valence-electron chi connectivity index (χ2n) is 5.23. The van der Waals surface area contributed by atoms with Gasteiger partial charge in [-0.25, -0.2) is 0 Å². The predicted molar refractivity (Wildman–Crippen MR) is 69.2 cm³/mol. The second-order valence-corrected chi connectivity index (χ2v) is 7.18. The number of ether oxygens (including phenoxy) is 2. The van der Waals surface area contributed by atoms with Gasteiger partial charge in [0, 0.05) is 14.2 Å². The van der Waals surface area contributed by atoms with Crippen LogP contribution in [0.1, 0.15) is 25.7 Å². The third-order valence-corrected chi connectivity index (χ3v) is 6.25. The Balaban J connectivity index is 1.57. The number of methoxy groups -OCH3 is 2. The molecule has 0 heterocycles. The van der Waals surface area contributed by atoms with Crippen molar-refractivity contribution in [1.29, 1.82) is 0 Å². The normalized spacial score (nSPS) is 32.6. The van der Waals surface area contributed by atoms with Gasteiger partial charge in [-0.2, -0.15) is 0 Å². The van der Waals surface area contributed by atoms with Crippen molar-refractivity contribution < 1.29 is 9.47 Å². The fourth-order valence-corrected chi connectivity index (χ4v) is 4.66. The van der Waals surface area contributed by atoms with Gasteiger partial charge < -0.3 is 9.47 Å². The largest absolute Gasteiger partial charge is 0.360 e. The van der Waals surface area contributed by atoms with Crippen LogP contribution in [0.15, 0.2) is 12.2 Å². The summed E-state index contributed by atoms with van der Waals surface area (Å²) in [4.78, 5) is 0. The second kappa shape index (κ2) is 5.99. The lowest BCUT2D eigenvalue weighted by molar-refractivity contribution is -0.0441. The van der Waals surface area contributed by atoms with E-state index in [0.717, 1.165) is 17.8 Å². The molecule has 2 nitrogen and oxygen atoms in total. The monoisotopic (exact) mass is 240 g/mol. The highest BCUT2D eigenvalue weighted by Crippen LogP contribution is 2.45. The highest BCUT2D eigenvalue weighted by atomic mass is 28.2. The van der Waals surface area contributed by atoms with Gasteiger partial charge in [0.1, 0.15) is 5.91 Å². The Morgan fingerprint density at radius 2 is 2.06 bits per heavy atom. The van der Waals surface area contributed by atoms with E-state index < -0.39 is 0 Å². The first-order valence-corrected chi connectivity index (χ1v) is 8.39. The molecular weight excluding hydrogens is 216 g/mol. The SMILES string of the molecule is COC(OC)[SiH2]CCCC1CC2C=CC1C2. The van der Waals surface area contributed by atoms with Gasteiger partial charge in [0.05, 0.1) is 9.52 Å². The van der Waals surface area contributed by atoms with Gasteiger partial charge in [0.2, 0.25) is 0 Å². The highest BCUT2D eigenvalue weighted by molar-refractivity contribution is 6.36. The zero-order chi connectivity index (χ0) is 11.4. The van der Waals surface area contributed by atoms with E-state index in [0.29, 0.717) is 0 Å². The minimum Gasteiger partial charge on any atom is -0.360 e. The Morgan fingerprint density at radius 1 is 1.25 bits per heavy atom. The Kier molecular flexibility index (Phi) is 4.62. The van der Waals surface area contributed by atoms with Crippen LogP contribution >= 0.6 is 0 Å². The predicted octanol–water partition coefficient (Wildman–Crippen LogP) is 2.14. The van der Waals surface area contributed by atoms with Crippen molar-refractivity contribution in [2.45, 2.75) is 37.6 Å². The van der Waals surface area contributed by atoms with Gasteiger partial charge in [0.25, 0.3) is 0 Å². The van der Waals surface area contributed by atoms with E-state index in [1.165, 1.54) is 31.7 Å². The van der Waals surface area contributed by atoms with Crippen molar-refractivity contribution in [3.63, 3.8) is 0 Å². The van der Waals surface area contributed by atoms with Crippen LogP contribution in [0.5, 0.6) is 0 Å². The van der Waals surface area contributed by atoms with Crippen LogP contribution in [0, 0.1) is 17.8 Å². The van der Waals surface area contributed by atoms with Crippen LogP contribution in [-0.4, -0.2) is 29.7 Å². The first-order valence-electron chi connectivity index (χ1n) is 6.57. The highest BCUT2D eigenvalue weighted by Gasteiger charge is 2.34. The van der Waals surface area contributed by atoms with Crippen molar-refractivity contribution in [2.24, 2.45) is 17.8 Å². The van der Waals surface area contributed by atoms with E-state index in [1.807, 2.05) is 0 Å². The molecule has 3 heteroatoms. The van der Waals surface area contributed by atoms with E-state index >= 15 is 0 Å². The lowest BCUT2D eigenvalue weighted by atomic mass is 9.90. The molecule has 0 N–H and O–H groups in total. The summed E-state index contributed by atoms with van der Waals surface area (Å²) in [5, 5.41) is 0. The van der Waals surface area contributed by atoms with Crippen LogP contribution in [-0.2, 0) is 9.47 Å². The Labute approximate surface area is 101 Å². The van der Waals surface area contributed by atoms with Gasteiger partial charge in [-0.05, 0) is 30.6 Å². The summed E-state index contributed by atoms with van der Waals surface area (Å²) in [6.07, 6.45) is 10.6. The standard InChI is InChI=1S/C13H24O2Si/c1-14-13(15-2)16-7-3-4-11-8-10-5-6-12(11)9-10/h5-6,10-13H,3-4,7-9,16H2,1-2H3. The van der Waals surface area contributed by atoms with Crippen LogP contribution < -0.4 is 0 Å². The molecule has 3 unspecified atom stereocenters. The third-order valence-electron chi connectivity index (χ3n) is 4.21. The summed E-state index contributed by atoms with van der Waals surface area (Å²) in [5.41, 5.74) is 0. The third kappa shape index (κ3) is 2.96. The molecule has 0 aromatic heterocycles. The molecule has 2 rings (SSSR count). The molecule has 92 valence electrons. The molecule has 1 saturated carbocycles. The molecule has 0 aliphatic heterocycles. The van der Waals surface area contributed by atoms with Gasteiger partial charge in [-0.1, -0.05) is 31.0 Å². The smallest absolute Gasteiger partial charge is 0.134 e. The molecule has 0 aromatic rings. The minimum atomic E-state index is -0.187. The Bertz CT molecular complexity index is 238. The van der Waals surface area contributed by atoms with E-state index in [2.05, 4.69) is 12.2 Å². The van der Waals surface area contributed by atoms with Gasteiger partial charge in [-0.15, -0.1) is 0 Å². The maximum atomic E-state index is 5.25. The number of allylic oxidation sites excluding steroid dienone is 2. The maximum absolute atomic E-state index is 5.25. The molecule has 2 aliphatic rings.